The highest BCUT2D eigenvalue weighted by Gasteiger charge is 2.45. The van der Waals surface area contributed by atoms with E-state index in [1.54, 1.807) is 11.7 Å². The predicted molar refractivity (Wildman–Crippen MR) is 109 cm³/mol. The SMILES string of the molecule is Cc1nn(C)c2ncc(C(=O)O)c(N3CCC4(CC3)NCC(C)(C)CNC4=O)c12. The molecule has 1 amide bonds. The van der Waals surface area contributed by atoms with Crippen LogP contribution in [0.2, 0.25) is 0 Å². The Morgan fingerprint density at radius 2 is 1.93 bits per heavy atom. The van der Waals surface area contributed by atoms with Crippen LogP contribution in [-0.2, 0) is 11.8 Å². The zero-order chi connectivity index (χ0) is 21.0. The van der Waals surface area contributed by atoms with Gasteiger partial charge in [0.15, 0.2) is 5.65 Å². The smallest absolute Gasteiger partial charge is 0.339 e. The number of nitrogens with one attached hydrogen (secondary N) is 2. The van der Waals surface area contributed by atoms with Crippen LogP contribution in [0.1, 0.15) is 42.7 Å². The lowest BCUT2D eigenvalue weighted by Gasteiger charge is -2.42. The third-order valence-corrected chi connectivity index (χ3v) is 6.23. The minimum atomic E-state index is -1.01. The van der Waals surface area contributed by atoms with Gasteiger partial charge in [-0.1, -0.05) is 13.8 Å². The molecule has 0 atom stereocenters. The Balaban J connectivity index is 1.68. The molecule has 2 aromatic rings. The molecule has 4 rings (SSSR count). The molecule has 0 unspecified atom stereocenters. The second kappa shape index (κ2) is 6.69. The fourth-order valence-electron chi connectivity index (χ4n) is 4.43. The molecule has 4 heterocycles. The number of carbonyl (C=O) groups excluding carboxylic acids is 1. The van der Waals surface area contributed by atoms with Crippen molar-refractivity contribution >= 4 is 28.6 Å². The molecule has 9 heteroatoms. The minimum Gasteiger partial charge on any atom is -0.478 e. The number of carbonyl (C=O) groups is 2. The Labute approximate surface area is 169 Å². The first kappa shape index (κ1) is 19.6. The Hall–Kier alpha value is -2.68. The topological polar surface area (TPSA) is 112 Å². The van der Waals surface area contributed by atoms with Crippen molar-refractivity contribution in [2.24, 2.45) is 12.5 Å². The first-order chi connectivity index (χ1) is 13.6. The first-order valence-corrected chi connectivity index (χ1v) is 9.97. The number of anilines is 1. The first-order valence-electron chi connectivity index (χ1n) is 9.97. The van der Waals surface area contributed by atoms with E-state index in [4.69, 9.17) is 0 Å². The summed E-state index contributed by atoms with van der Waals surface area (Å²) < 4.78 is 1.67. The summed E-state index contributed by atoms with van der Waals surface area (Å²) in [6.07, 6.45) is 2.62. The van der Waals surface area contributed by atoms with Crippen molar-refractivity contribution in [3.8, 4) is 0 Å². The number of hydrogen-bond donors (Lipinski definition) is 3. The fourth-order valence-corrected chi connectivity index (χ4v) is 4.43. The molecule has 2 fully saturated rings. The van der Waals surface area contributed by atoms with Gasteiger partial charge in [-0.15, -0.1) is 0 Å². The largest absolute Gasteiger partial charge is 0.478 e. The summed E-state index contributed by atoms with van der Waals surface area (Å²) in [4.78, 5) is 31.2. The molecule has 1 spiro atoms. The predicted octanol–water partition coefficient (Wildman–Crippen LogP) is 1.06. The fraction of sp³-hybridized carbons (Fsp3) is 0.600. The monoisotopic (exact) mass is 400 g/mol. The van der Waals surface area contributed by atoms with Crippen LogP contribution >= 0.6 is 0 Å². The number of nitrogens with zero attached hydrogens (tertiary/aromatic N) is 4. The summed E-state index contributed by atoms with van der Waals surface area (Å²) in [5.41, 5.74) is 1.62. The van der Waals surface area contributed by atoms with E-state index in [1.165, 1.54) is 6.20 Å². The summed E-state index contributed by atoms with van der Waals surface area (Å²) in [5, 5.41) is 21.6. The van der Waals surface area contributed by atoms with E-state index < -0.39 is 11.5 Å². The van der Waals surface area contributed by atoms with Crippen LogP contribution < -0.4 is 15.5 Å². The average Bonchev–Trinajstić information content (AvgIpc) is 2.92. The van der Waals surface area contributed by atoms with E-state index in [1.807, 2.05) is 6.92 Å². The van der Waals surface area contributed by atoms with Gasteiger partial charge < -0.3 is 20.6 Å². The zero-order valence-electron chi connectivity index (χ0n) is 17.4. The Bertz CT molecular complexity index is 988. The Morgan fingerprint density at radius 1 is 1.24 bits per heavy atom. The molecule has 3 N–H and O–H groups in total. The third-order valence-electron chi connectivity index (χ3n) is 6.23. The van der Waals surface area contributed by atoms with E-state index >= 15 is 0 Å². The maximum atomic E-state index is 12.9. The molecule has 0 aromatic carbocycles. The number of carboxylic acid groups (broad SMARTS) is 1. The van der Waals surface area contributed by atoms with Crippen LogP contribution in [0.5, 0.6) is 0 Å². The van der Waals surface area contributed by atoms with Gasteiger partial charge in [0.05, 0.1) is 16.8 Å². The Morgan fingerprint density at radius 3 is 2.59 bits per heavy atom. The molecule has 29 heavy (non-hydrogen) atoms. The van der Waals surface area contributed by atoms with Crippen LogP contribution in [0.15, 0.2) is 6.20 Å². The van der Waals surface area contributed by atoms with Crippen molar-refractivity contribution in [3.63, 3.8) is 0 Å². The molecule has 2 saturated heterocycles. The molecule has 2 aromatic heterocycles. The van der Waals surface area contributed by atoms with Gasteiger partial charge in [0.2, 0.25) is 5.91 Å². The lowest BCUT2D eigenvalue weighted by atomic mass is 9.85. The van der Waals surface area contributed by atoms with Crippen molar-refractivity contribution in [2.45, 2.75) is 39.2 Å². The lowest BCUT2D eigenvalue weighted by molar-refractivity contribution is -0.127. The highest BCUT2D eigenvalue weighted by atomic mass is 16.4. The van der Waals surface area contributed by atoms with Crippen LogP contribution in [0.25, 0.3) is 11.0 Å². The normalized spacial score (nSPS) is 21.2. The van der Waals surface area contributed by atoms with Gasteiger partial charge in [0.25, 0.3) is 0 Å². The molecule has 156 valence electrons. The van der Waals surface area contributed by atoms with Crippen LogP contribution in [0.4, 0.5) is 5.69 Å². The zero-order valence-corrected chi connectivity index (χ0v) is 17.4. The quantitative estimate of drug-likeness (QED) is 0.691. The van der Waals surface area contributed by atoms with Gasteiger partial charge >= 0.3 is 5.97 Å². The van der Waals surface area contributed by atoms with Gasteiger partial charge in [-0.05, 0) is 25.2 Å². The number of hydrogen-bond acceptors (Lipinski definition) is 6. The number of pyridine rings is 1. The highest BCUT2D eigenvalue weighted by molar-refractivity contribution is 6.05. The molecule has 0 aliphatic carbocycles. The molecule has 2 aliphatic rings. The average molecular weight is 400 g/mol. The van der Waals surface area contributed by atoms with Crippen molar-refractivity contribution in [1.29, 1.82) is 0 Å². The maximum Gasteiger partial charge on any atom is 0.339 e. The number of rotatable bonds is 2. The number of aromatic nitrogens is 3. The number of carboxylic acids is 1. The number of aryl methyl sites for hydroxylation is 2. The van der Waals surface area contributed by atoms with E-state index in [0.29, 0.717) is 43.8 Å². The number of piperidine rings is 1. The van der Waals surface area contributed by atoms with E-state index in [9.17, 15) is 14.7 Å². The van der Waals surface area contributed by atoms with Crippen molar-refractivity contribution in [2.75, 3.05) is 31.1 Å². The molecule has 0 saturated carbocycles. The molecular formula is C20H28N6O3. The molecule has 0 radical (unpaired) electrons. The molecular weight excluding hydrogens is 372 g/mol. The van der Waals surface area contributed by atoms with Gasteiger partial charge in [-0.25, -0.2) is 9.78 Å². The molecule has 2 aliphatic heterocycles. The van der Waals surface area contributed by atoms with Crippen molar-refractivity contribution in [3.05, 3.63) is 17.5 Å². The van der Waals surface area contributed by atoms with E-state index in [2.05, 4.69) is 39.5 Å². The van der Waals surface area contributed by atoms with E-state index in [-0.39, 0.29) is 16.9 Å². The van der Waals surface area contributed by atoms with E-state index in [0.717, 1.165) is 17.6 Å². The minimum absolute atomic E-state index is 0.00312. The van der Waals surface area contributed by atoms with Crippen molar-refractivity contribution in [1.82, 2.24) is 25.4 Å². The lowest BCUT2D eigenvalue weighted by Crippen LogP contribution is -2.60. The van der Waals surface area contributed by atoms with Crippen molar-refractivity contribution < 1.29 is 14.7 Å². The number of fused-ring (bicyclic) bond motifs is 1. The summed E-state index contributed by atoms with van der Waals surface area (Å²) in [6.45, 7) is 8.69. The summed E-state index contributed by atoms with van der Waals surface area (Å²) in [5.74, 6) is -0.969. The highest BCUT2D eigenvalue weighted by Crippen LogP contribution is 2.36. The number of amides is 1. The van der Waals surface area contributed by atoms with Crippen LogP contribution in [0, 0.1) is 12.3 Å². The molecule has 0 bridgehead atoms. The third kappa shape index (κ3) is 3.23. The van der Waals surface area contributed by atoms with Crippen LogP contribution in [-0.4, -0.2) is 63.5 Å². The summed E-state index contributed by atoms with van der Waals surface area (Å²) in [7, 11) is 1.80. The van der Waals surface area contributed by atoms with Gasteiger partial charge in [-0.2, -0.15) is 5.10 Å². The second-order valence-corrected chi connectivity index (χ2v) is 9.00. The Kier molecular flexibility index (Phi) is 4.53. The number of aromatic carboxylic acids is 1. The second-order valence-electron chi connectivity index (χ2n) is 9.00. The van der Waals surface area contributed by atoms with Gasteiger partial charge in [0.1, 0.15) is 11.1 Å². The standard InChI is InChI=1S/C20H28N6O3/c1-12-14-15(13(17(27)28)9-21-16(14)25(4)24-12)26-7-5-20(6-8-26)18(29)22-10-19(2,3)11-23-20/h9,23H,5-8,10-11H2,1-4H3,(H,22,29)(H,27,28). The van der Waals surface area contributed by atoms with Gasteiger partial charge in [-0.3, -0.25) is 9.48 Å². The molecule has 9 nitrogen and oxygen atoms in total. The maximum absolute atomic E-state index is 12.9. The summed E-state index contributed by atoms with van der Waals surface area (Å²) in [6, 6.07) is 0. The van der Waals surface area contributed by atoms with Gasteiger partial charge in [0, 0.05) is 39.4 Å². The summed E-state index contributed by atoms with van der Waals surface area (Å²) >= 11 is 0. The van der Waals surface area contributed by atoms with Crippen LogP contribution in [0.3, 0.4) is 0 Å².